The number of hydrogen-bond acceptors (Lipinski definition) is 3. The monoisotopic (exact) mass is 320 g/mol. The molecule has 3 rings (SSSR count). The third-order valence-electron chi connectivity index (χ3n) is 3.82. The lowest BCUT2D eigenvalue weighted by molar-refractivity contribution is -0.132. The number of aromatic amines is 1. The van der Waals surface area contributed by atoms with Gasteiger partial charge in [0.25, 0.3) is 0 Å². The zero-order chi connectivity index (χ0) is 16.6. The van der Waals surface area contributed by atoms with Crippen LogP contribution in [0.1, 0.15) is 11.4 Å². The highest BCUT2D eigenvalue weighted by atomic mass is 19.1. The van der Waals surface area contributed by atoms with Crippen LogP contribution in [0.25, 0.3) is 11.4 Å². The third kappa shape index (κ3) is 3.24. The van der Waals surface area contributed by atoms with E-state index in [1.54, 1.807) is 4.90 Å². The molecule has 0 spiro atoms. The highest BCUT2D eigenvalue weighted by Crippen LogP contribution is 2.25. The molecule has 1 aliphatic heterocycles. The summed E-state index contributed by atoms with van der Waals surface area (Å²) >= 11 is 0. The molecule has 1 aliphatic rings. The lowest BCUT2D eigenvalue weighted by Crippen LogP contribution is -2.40. The van der Waals surface area contributed by atoms with Crippen molar-refractivity contribution in [2.24, 2.45) is 0 Å². The summed E-state index contributed by atoms with van der Waals surface area (Å²) in [5.74, 6) is -0.862. The number of aromatic nitrogens is 2. The number of benzene rings is 1. The fraction of sp³-hybridized carbons (Fsp3) is 0.375. The Kier molecular flexibility index (Phi) is 4.12. The molecule has 1 aromatic carbocycles. The molecule has 1 amide bonds. The molecule has 2 heterocycles. The largest absolute Gasteiger partial charge is 0.340 e. The van der Waals surface area contributed by atoms with E-state index in [9.17, 15) is 13.6 Å². The van der Waals surface area contributed by atoms with Gasteiger partial charge in [0.05, 0.1) is 30.0 Å². The summed E-state index contributed by atoms with van der Waals surface area (Å²) in [4.78, 5) is 23.2. The van der Waals surface area contributed by atoms with Crippen molar-refractivity contribution < 1.29 is 13.6 Å². The summed E-state index contributed by atoms with van der Waals surface area (Å²) in [5, 5.41) is 0. The van der Waals surface area contributed by atoms with Gasteiger partial charge in [0.1, 0.15) is 17.5 Å². The number of likely N-dealkylation sites (N-methyl/N-ethyl adjacent to an activating group) is 1. The van der Waals surface area contributed by atoms with Crippen LogP contribution in [0.2, 0.25) is 0 Å². The quantitative estimate of drug-likeness (QED) is 0.938. The zero-order valence-electron chi connectivity index (χ0n) is 13.1. The van der Waals surface area contributed by atoms with Gasteiger partial charge in [0.2, 0.25) is 5.91 Å². The minimum absolute atomic E-state index is 0.0461. The molecule has 2 aromatic rings. The van der Waals surface area contributed by atoms with Crippen LogP contribution in [0.5, 0.6) is 0 Å². The molecule has 0 unspecified atom stereocenters. The Balaban J connectivity index is 1.83. The van der Waals surface area contributed by atoms with E-state index in [0.29, 0.717) is 31.9 Å². The molecule has 122 valence electrons. The van der Waals surface area contributed by atoms with E-state index < -0.39 is 11.6 Å². The van der Waals surface area contributed by atoms with Gasteiger partial charge < -0.3 is 14.8 Å². The molecule has 0 bridgehead atoms. The maximum absolute atomic E-state index is 13.9. The summed E-state index contributed by atoms with van der Waals surface area (Å²) in [7, 11) is 3.69. The third-order valence-corrected chi connectivity index (χ3v) is 3.82. The number of carbonyl (C=O) groups is 1. The van der Waals surface area contributed by atoms with E-state index in [1.807, 2.05) is 19.0 Å². The Labute approximate surface area is 132 Å². The standard InChI is InChI=1S/C16H18F2N4O/c1-21(2)9-15(23)22-6-5-13-14(8-22)20-16(19-13)11-4-3-10(17)7-12(11)18/h3-4,7H,5-6,8-9H2,1-2H3,(H,19,20). The molecule has 1 aromatic heterocycles. The van der Waals surface area contributed by atoms with Gasteiger partial charge in [-0.2, -0.15) is 0 Å². The van der Waals surface area contributed by atoms with Gasteiger partial charge in [-0.25, -0.2) is 13.8 Å². The van der Waals surface area contributed by atoms with Crippen LogP contribution in [-0.4, -0.2) is 52.9 Å². The normalized spacial score (nSPS) is 14.2. The first-order valence-corrected chi connectivity index (χ1v) is 7.39. The van der Waals surface area contributed by atoms with E-state index in [0.717, 1.165) is 17.5 Å². The summed E-state index contributed by atoms with van der Waals surface area (Å²) in [6.45, 7) is 1.37. The zero-order valence-corrected chi connectivity index (χ0v) is 13.1. The molecule has 0 radical (unpaired) electrons. The lowest BCUT2D eigenvalue weighted by atomic mass is 10.1. The highest BCUT2D eigenvalue weighted by Gasteiger charge is 2.24. The molecular weight excluding hydrogens is 302 g/mol. The van der Waals surface area contributed by atoms with Crippen molar-refractivity contribution in [2.75, 3.05) is 27.2 Å². The number of nitrogens with one attached hydrogen (secondary N) is 1. The molecule has 0 saturated heterocycles. The second-order valence-corrected chi connectivity index (χ2v) is 5.94. The van der Waals surface area contributed by atoms with Gasteiger partial charge >= 0.3 is 0 Å². The number of imidazole rings is 1. The van der Waals surface area contributed by atoms with Gasteiger partial charge in [0.15, 0.2) is 0 Å². The van der Waals surface area contributed by atoms with Gasteiger partial charge in [-0.1, -0.05) is 0 Å². The molecule has 0 aliphatic carbocycles. The Morgan fingerprint density at radius 2 is 2.17 bits per heavy atom. The maximum atomic E-state index is 13.9. The Hall–Kier alpha value is -2.28. The van der Waals surface area contributed by atoms with Gasteiger partial charge in [-0.3, -0.25) is 4.79 Å². The number of hydrogen-bond donors (Lipinski definition) is 1. The van der Waals surface area contributed by atoms with Crippen LogP contribution >= 0.6 is 0 Å². The number of halogens is 2. The van der Waals surface area contributed by atoms with Crippen LogP contribution in [0, 0.1) is 11.6 Å². The van der Waals surface area contributed by atoms with Crippen molar-refractivity contribution in [1.82, 2.24) is 19.8 Å². The SMILES string of the molecule is CN(C)CC(=O)N1CCc2nc(-c3ccc(F)cc3F)[nH]c2C1. The molecule has 0 saturated carbocycles. The Morgan fingerprint density at radius 1 is 1.39 bits per heavy atom. The van der Waals surface area contributed by atoms with E-state index in [2.05, 4.69) is 9.97 Å². The number of nitrogens with zero attached hydrogens (tertiary/aromatic N) is 3. The fourth-order valence-corrected chi connectivity index (χ4v) is 2.69. The molecule has 1 N–H and O–H groups in total. The molecule has 23 heavy (non-hydrogen) atoms. The lowest BCUT2D eigenvalue weighted by Gasteiger charge is -2.27. The van der Waals surface area contributed by atoms with Gasteiger partial charge in [-0.15, -0.1) is 0 Å². The Bertz CT molecular complexity index is 742. The number of amides is 1. The predicted molar refractivity (Wildman–Crippen MR) is 81.6 cm³/mol. The van der Waals surface area contributed by atoms with Crippen LogP contribution < -0.4 is 0 Å². The molecular formula is C16H18F2N4O. The fourth-order valence-electron chi connectivity index (χ4n) is 2.69. The number of fused-ring (bicyclic) bond motifs is 1. The minimum Gasteiger partial charge on any atom is -0.340 e. The van der Waals surface area contributed by atoms with E-state index in [4.69, 9.17) is 0 Å². The Morgan fingerprint density at radius 3 is 2.87 bits per heavy atom. The molecule has 0 atom stereocenters. The van der Waals surface area contributed by atoms with Crippen molar-refractivity contribution in [3.8, 4) is 11.4 Å². The molecule has 7 heteroatoms. The molecule has 0 fully saturated rings. The van der Waals surface area contributed by atoms with Crippen molar-refractivity contribution in [3.63, 3.8) is 0 Å². The second kappa shape index (κ2) is 6.08. The van der Waals surface area contributed by atoms with E-state index in [-0.39, 0.29) is 11.5 Å². The minimum atomic E-state index is -0.656. The predicted octanol–water partition coefficient (Wildman–Crippen LogP) is 1.80. The molecule has 5 nitrogen and oxygen atoms in total. The van der Waals surface area contributed by atoms with Gasteiger partial charge in [0, 0.05) is 19.0 Å². The first-order valence-electron chi connectivity index (χ1n) is 7.39. The average Bonchev–Trinajstić information content (AvgIpc) is 2.88. The number of rotatable bonds is 3. The summed E-state index contributed by atoms with van der Waals surface area (Å²) in [5.41, 5.74) is 1.87. The van der Waals surface area contributed by atoms with Crippen LogP contribution in [0.15, 0.2) is 18.2 Å². The van der Waals surface area contributed by atoms with E-state index in [1.165, 1.54) is 12.1 Å². The van der Waals surface area contributed by atoms with Crippen LogP contribution in [0.4, 0.5) is 8.78 Å². The van der Waals surface area contributed by atoms with Crippen molar-refractivity contribution in [1.29, 1.82) is 0 Å². The van der Waals surface area contributed by atoms with Crippen molar-refractivity contribution in [2.45, 2.75) is 13.0 Å². The second-order valence-electron chi connectivity index (χ2n) is 5.94. The summed E-state index contributed by atoms with van der Waals surface area (Å²) < 4.78 is 26.9. The van der Waals surface area contributed by atoms with Crippen molar-refractivity contribution >= 4 is 5.91 Å². The van der Waals surface area contributed by atoms with Gasteiger partial charge in [-0.05, 0) is 26.2 Å². The number of carbonyl (C=O) groups excluding carboxylic acids is 1. The van der Waals surface area contributed by atoms with E-state index >= 15 is 0 Å². The first-order chi connectivity index (χ1) is 10.9. The topological polar surface area (TPSA) is 52.2 Å². The first kappa shape index (κ1) is 15.6. The maximum Gasteiger partial charge on any atom is 0.237 e. The van der Waals surface area contributed by atoms with Crippen LogP contribution in [-0.2, 0) is 17.8 Å². The highest BCUT2D eigenvalue weighted by molar-refractivity contribution is 5.78. The van der Waals surface area contributed by atoms with Crippen LogP contribution in [0.3, 0.4) is 0 Å². The summed E-state index contributed by atoms with van der Waals surface area (Å²) in [6, 6.07) is 3.40. The average molecular weight is 320 g/mol. The summed E-state index contributed by atoms with van der Waals surface area (Å²) in [6.07, 6.45) is 0.619. The number of H-pyrrole nitrogens is 1. The smallest absolute Gasteiger partial charge is 0.237 e. The van der Waals surface area contributed by atoms with Crippen molar-refractivity contribution in [3.05, 3.63) is 41.2 Å².